The van der Waals surface area contributed by atoms with Gasteiger partial charge in [0.15, 0.2) is 5.41 Å². The van der Waals surface area contributed by atoms with E-state index >= 15 is 0 Å². The van der Waals surface area contributed by atoms with Crippen molar-refractivity contribution in [1.29, 1.82) is 0 Å². The van der Waals surface area contributed by atoms with E-state index in [2.05, 4.69) is 21.2 Å². The van der Waals surface area contributed by atoms with Crippen LogP contribution in [-0.2, 0) is 38.7 Å². The van der Waals surface area contributed by atoms with Crippen LogP contribution in [0.4, 0.5) is 5.69 Å². The first kappa shape index (κ1) is 22.8. The molecule has 0 saturated carbocycles. The summed E-state index contributed by atoms with van der Waals surface area (Å²) in [5.41, 5.74) is 4.65. The summed E-state index contributed by atoms with van der Waals surface area (Å²) in [7, 11) is 1.46. The summed E-state index contributed by atoms with van der Waals surface area (Å²) >= 11 is 3.38. The van der Waals surface area contributed by atoms with Gasteiger partial charge in [-0.1, -0.05) is 15.9 Å². The number of anilines is 1. The van der Waals surface area contributed by atoms with Crippen LogP contribution >= 0.6 is 15.9 Å². The molecule has 3 N–H and O–H groups in total. The molecule has 0 fully saturated rings. The van der Waals surface area contributed by atoms with Gasteiger partial charge in [0.1, 0.15) is 29.3 Å². The SMILES string of the molecule is COCCOC(=O)C1=C(N)Nc2ccc(Br)cc2C12C(=O)OC(C)=C2C(=O)OC(C)C. The molecule has 2 aliphatic heterocycles. The van der Waals surface area contributed by atoms with Crippen LogP contribution in [0.15, 0.2) is 45.4 Å². The van der Waals surface area contributed by atoms with Crippen LogP contribution in [0.5, 0.6) is 0 Å². The Morgan fingerprint density at radius 1 is 1.23 bits per heavy atom. The summed E-state index contributed by atoms with van der Waals surface area (Å²) in [6.45, 7) is 4.89. The normalized spacial score (nSPS) is 20.0. The number of nitrogens with one attached hydrogen (secondary N) is 1. The predicted molar refractivity (Wildman–Crippen MR) is 114 cm³/mol. The number of cyclic esters (lactones) is 1. The van der Waals surface area contributed by atoms with Gasteiger partial charge in [-0.2, -0.15) is 0 Å². The lowest BCUT2D eigenvalue weighted by atomic mass is 9.67. The molecular formula is C21H23BrN2O7. The van der Waals surface area contributed by atoms with Crippen LogP contribution in [0.25, 0.3) is 0 Å². The number of fused-ring (bicyclic) bond motifs is 2. The zero-order chi connectivity index (χ0) is 22.9. The molecule has 31 heavy (non-hydrogen) atoms. The van der Waals surface area contributed by atoms with E-state index in [-0.39, 0.29) is 35.9 Å². The quantitative estimate of drug-likeness (QED) is 0.347. The molecule has 166 valence electrons. The monoisotopic (exact) mass is 494 g/mol. The van der Waals surface area contributed by atoms with E-state index in [4.69, 9.17) is 24.7 Å². The van der Waals surface area contributed by atoms with Crippen molar-refractivity contribution in [2.24, 2.45) is 5.73 Å². The van der Waals surface area contributed by atoms with Crippen molar-refractivity contribution in [2.75, 3.05) is 25.6 Å². The second-order valence-corrected chi connectivity index (χ2v) is 8.17. The molecule has 1 atom stereocenters. The molecule has 3 rings (SSSR count). The summed E-state index contributed by atoms with van der Waals surface area (Å²) in [6, 6.07) is 5.03. The second-order valence-electron chi connectivity index (χ2n) is 7.26. The van der Waals surface area contributed by atoms with Crippen molar-refractivity contribution in [3.8, 4) is 0 Å². The van der Waals surface area contributed by atoms with E-state index in [1.165, 1.54) is 14.0 Å². The maximum atomic E-state index is 13.4. The molecule has 0 aromatic heterocycles. The number of benzene rings is 1. The van der Waals surface area contributed by atoms with Gasteiger partial charge >= 0.3 is 17.9 Å². The Bertz CT molecular complexity index is 1010. The number of allylic oxidation sites excluding steroid dienone is 1. The molecule has 0 aliphatic carbocycles. The van der Waals surface area contributed by atoms with Gasteiger partial charge in [0.2, 0.25) is 0 Å². The number of hydrogen-bond acceptors (Lipinski definition) is 9. The van der Waals surface area contributed by atoms with Crippen LogP contribution in [0.3, 0.4) is 0 Å². The highest BCUT2D eigenvalue weighted by molar-refractivity contribution is 9.10. The number of esters is 3. The Hall–Kier alpha value is -2.85. The van der Waals surface area contributed by atoms with Gasteiger partial charge in [0.25, 0.3) is 0 Å². The van der Waals surface area contributed by atoms with Crippen molar-refractivity contribution < 1.29 is 33.3 Å². The fourth-order valence-corrected chi connectivity index (χ4v) is 4.07. The van der Waals surface area contributed by atoms with Crippen molar-refractivity contribution >= 4 is 39.5 Å². The van der Waals surface area contributed by atoms with Crippen LogP contribution in [0.2, 0.25) is 0 Å². The number of rotatable bonds is 6. The van der Waals surface area contributed by atoms with Crippen LogP contribution in [0, 0.1) is 0 Å². The highest BCUT2D eigenvalue weighted by Crippen LogP contribution is 2.53. The second kappa shape index (κ2) is 8.72. The van der Waals surface area contributed by atoms with Gasteiger partial charge in [-0.25, -0.2) is 14.4 Å². The third-order valence-corrected chi connectivity index (χ3v) is 5.34. The van der Waals surface area contributed by atoms with Crippen molar-refractivity contribution in [2.45, 2.75) is 32.3 Å². The molecule has 0 bridgehead atoms. The average molecular weight is 495 g/mol. The van der Waals surface area contributed by atoms with E-state index in [9.17, 15) is 14.4 Å². The van der Waals surface area contributed by atoms with Gasteiger partial charge in [0, 0.05) is 22.8 Å². The Kier molecular flexibility index (Phi) is 6.42. The maximum absolute atomic E-state index is 13.4. The predicted octanol–water partition coefficient (Wildman–Crippen LogP) is 2.25. The smallest absolute Gasteiger partial charge is 0.339 e. The van der Waals surface area contributed by atoms with Crippen molar-refractivity contribution in [1.82, 2.24) is 0 Å². The number of nitrogens with two attached hydrogens (primary N) is 1. The number of ether oxygens (including phenoxy) is 4. The van der Waals surface area contributed by atoms with Gasteiger partial charge in [-0.05, 0) is 39.0 Å². The topological polar surface area (TPSA) is 126 Å². The summed E-state index contributed by atoms with van der Waals surface area (Å²) in [4.78, 5) is 39.7. The van der Waals surface area contributed by atoms with Gasteiger partial charge in [0.05, 0.1) is 12.7 Å². The number of halogens is 1. The summed E-state index contributed by atoms with van der Waals surface area (Å²) in [6.07, 6.45) is -0.470. The number of carbonyl (C=O) groups is 3. The summed E-state index contributed by atoms with van der Waals surface area (Å²) < 4.78 is 21.6. The molecule has 0 radical (unpaired) electrons. The highest BCUT2D eigenvalue weighted by atomic mass is 79.9. The molecule has 10 heteroatoms. The molecule has 1 unspecified atom stereocenters. The zero-order valence-corrected chi connectivity index (χ0v) is 19.1. The maximum Gasteiger partial charge on any atom is 0.339 e. The number of carbonyl (C=O) groups excluding carboxylic acids is 3. The standard InChI is InChI=1S/C21H23BrN2O7/c1-10(2)30-19(26)15-11(3)31-20(27)21(15)13-9-12(22)5-6-14(13)24-17(23)16(21)18(25)29-8-7-28-4/h5-6,9-10,24H,7-8,23H2,1-4H3. The molecule has 0 saturated heterocycles. The first-order chi connectivity index (χ1) is 14.6. The van der Waals surface area contributed by atoms with Crippen LogP contribution in [-0.4, -0.2) is 44.3 Å². The van der Waals surface area contributed by atoms with Crippen molar-refractivity contribution in [3.05, 3.63) is 51.0 Å². The van der Waals surface area contributed by atoms with Crippen molar-refractivity contribution in [3.63, 3.8) is 0 Å². The molecule has 0 amide bonds. The van der Waals surface area contributed by atoms with Crippen LogP contribution in [0.1, 0.15) is 26.3 Å². The Balaban J connectivity index is 2.29. The average Bonchev–Trinajstić information content (AvgIpc) is 2.92. The van der Waals surface area contributed by atoms with E-state index in [0.29, 0.717) is 15.7 Å². The van der Waals surface area contributed by atoms with E-state index in [1.54, 1.807) is 32.0 Å². The van der Waals surface area contributed by atoms with E-state index in [1.807, 2.05) is 0 Å². The largest absolute Gasteiger partial charge is 0.460 e. The number of methoxy groups -OCH3 is 1. The fourth-order valence-electron chi connectivity index (χ4n) is 3.71. The Morgan fingerprint density at radius 3 is 2.58 bits per heavy atom. The summed E-state index contributed by atoms with van der Waals surface area (Å²) in [5.74, 6) is -2.62. The lowest BCUT2D eigenvalue weighted by molar-refractivity contribution is -0.148. The molecule has 1 aromatic rings. The van der Waals surface area contributed by atoms with Gasteiger partial charge < -0.3 is 30.0 Å². The third-order valence-electron chi connectivity index (χ3n) is 4.85. The Morgan fingerprint density at radius 2 is 1.94 bits per heavy atom. The molecule has 1 spiro atoms. The molecular weight excluding hydrogens is 472 g/mol. The zero-order valence-electron chi connectivity index (χ0n) is 17.5. The highest BCUT2D eigenvalue weighted by Gasteiger charge is 2.63. The molecule has 2 aliphatic rings. The molecule has 2 heterocycles. The van der Waals surface area contributed by atoms with Gasteiger partial charge in [-0.3, -0.25) is 0 Å². The van der Waals surface area contributed by atoms with Crippen LogP contribution < -0.4 is 11.1 Å². The van der Waals surface area contributed by atoms with Gasteiger partial charge in [-0.15, -0.1) is 0 Å². The minimum atomic E-state index is -1.95. The minimum Gasteiger partial charge on any atom is -0.460 e. The fraction of sp³-hybridized carbons (Fsp3) is 0.381. The van der Waals surface area contributed by atoms with E-state index in [0.717, 1.165) is 0 Å². The molecule has 9 nitrogen and oxygen atoms in total. The van der Waals surface area contributed by atoms with E-state index < -0.39 is 29.4 Å². The Labute approximate surface area is 187 Å². The molecule has 1 aromatic carbocycles. The first-order valence-corrected chi connectivity index (χ1v) is 10.3. The lowest BCUT2D eigenvalue weighted by Gasteiger charge is -2.36. The number of hydrogen-bond donors (Lipinski definition) is 2. The first-order valence-electron chi connectivity index (χ1n) is 9.52. The minimum absolute atomic E-state index is 0.0264. The third kappa shape index (κ3) is 3.81. The lowest BCUT2D eigenvalue weighted by Crippen LogP contribution is -2.48. The summed E-state index contributed by atoms with van der Waals surface area (Å²) in [5, 5.41) is 2.92.